The number of fused-ring (bicyclic) bond motifs is 2. The molecule has 0 aliphatic heterocycles. The molecule has 0 heteroatoms. The molecule has 0 radical (unpaired) electrons. The normalized spacial score (nSPS) is 13.3. The number of allylic oxidation sites excluding steroid dienone is 1. The van der Waals surface area contributed by atoms with Crippen molar-refractivity contribution in [3.63, 3.8) is 0 Å². The van der Waals surface area contributed by atoms with Gasteiger partial charge >= 0.3 is 0 Å². The van der Waals surface area contributed by atoms with Crippen LogP contribution in [-0.2, 0) is 6.42 Å². The summed E-state index contributed by atoms with van der Waals surface area (Å²) >= 11 is 0. The van der Waals surface area contributed by atoms with E-state index in [2.05, 4.69) is 73.7 Å². The first-order valence-corrected chi connectivity index (χ1v) is 7.09. The fourth-order valence-corrected chi connectivity index (χ4v) is 3.09. The standard InChI is InChI=1S/C20H16/c1-14-5-4-8-15-9-10-18(13-20(14)15)19-11-16-6-2-3-7-17(16)12-19/h2-11,13H,12H2,1H3. The zero-order valence-electron chi connectivity index (χ0n) is 11.6. The molecule has 0 fully saturated rings. The van der Waals surface area contributed by atoms with E-state index in [4.69, 9.17) is 0 Å². The lowest BCUT2D eigenvalue weighted by Crippen LogP contribution is -1.87. The van der Waals surface area contributed by atoms with Crippen molar-refractivity contribution in [2.45, 2.75) is 13.3 Å². The first-order chi connectivity index (χ1) is 9.81. The van der Waals surface area contributed by atoms with E-state index in [0.717, 1.165) is 6.42 Å². The van der Waals surface area contributed by atoms with Crippen molar-refractivity contribution < 1.29 is 0 Å². The maximum absolute atomic E-state index is 2.34. The van der Waals surface area contributed by atoms with Gasteiger partial charge in [-0.1, -0.05) is 60.7 Å². The molecule has 1 aliphatic carbocycles. The van der Waals surface area contributed by atoms with E-state index in [1.807, 2.05) is 0 Å². The molecule has 0 amide bonds. The number of benzene rings is 3. The molecule has 0 saturated heterocycles. The minimum absolute atomic E-state index is 1.05. The smallest absolute Gasteiger partial charge is 0.00137 e. The van der Waals surface area contributed by atoms with Crippen LogP contribution in [0.25, 0.3) is 22.4 Å². The van der Waals surface area contributed by atoms with Crippen LogP contribution in [0.1, 0.15) is 22.3 Å². The van der Waals surface area contributed by atoms with E-state index in [9.17, 15) is 0 Å². The molecular weight excluding hydrogens is 240 g/mol. The third kappa shape index (κ3) is 1.77. The predicted molar refractivity (Wildman–Crippen MR) is 86.7 cm³/mol. The molecule has 0 bridgehead atoms. The highest BCUT2D eigenvalue weighted by atomic mass is 14.2. The number of aryl methyl sites for hydroxylation is 1. The molecule has 0 saturated carbocycles. The Bertz CT molecular complexity index is 838. The monoisotopic (exact) mass is 256 g/mol. The van der Waals surface area contributed by atoms with Crippen molar-refractivity contribution in [3.05, 3.63) is 82.9 Å². The highest BCUT2D eigenvalue weighted by Gasteiger charge is 2.13. The van der Waals surface area contributed by atoms with Crippen LogP contribution in [0.5, 0.6) is 0 Å². The molecule has 0 N–H and O–H groups in total. The van der Waals surface area contributed by atoms with Gasteiger partial charge in [0.05, 0.1) is 0 Å². The third-order valence-corrected chi connectivity index (χ3v) is 4.24. The number of hydrogen-bond acceptors (Lipinski definition) is 0. The van der Waals surface area contributed by atoms with Crippen molar-refractivity contribution >= 4 is 22.4 Å². The van der Waals surface area contributed by atoms with Gasteiger partial charge in [0, 0.05) is 0 Å². The first-order valence-electron chi connectivity index (χ1n) is 7.09. The topological polar surface area (TPSA) is 0 Å². The lowest BCUT2D eigenvalue weighted by atomic mass is 9.98. The van der Waals surface area contributed by atoms with Gasteiger partial charge in [0.15, 0.2) is 0 Å². The van der Waals surface area contributed by atoms with E-state index in [1.54, 1.807) is 0 Å². The molecule has 0 nitrogen and oxygen atoms in total. The Morgan fingerprint density at radius 3 is 2.65 bits per heavy atom. The Morgan fingerprint density at radius 1 is 0.850 bits per heavy atom. The minimum atomic E-state index is 1.05. The average Bonchev–Trinajstić information content (AvgIpc) is 2.91. The van der Waals surface area contributed by atoms with E-state index in [1.165, 1.54) is 38.6 Å². The predicted octanol–water partition coefficient (Wildman–Crippen LogP) is 5.24. The molecule has 0 heterocycles. The van der Waals surface area contributed by atoms with Crippen LogP contribution in [-0.4, -0.2) is 0 Å². The fourth-order valence-electron chi connectivity index (χ4n) is 3.09. The van der Waals surface area contributed by atoms with Gasteiger partial charge in [-0.15, -0.1) is 0 Å². The molecule has 96 valence electrons. The summed E-state index contributed by atoms with van der Waals surface area (Å²) in [5.41, 5.74) is 6.93. The van der Waals surface area contributed by atoms with Gasteiger partial charge < -0.3 is 0 Å². The second-order valence-corrected chi connectivity index (χ2v) is 5.56. The zero-order chi connectivity index (χ0) is 13.5. The molecule has 20 heavy (non-hydrogen) atoms. The highest BCUT2D eigenvalue weighted by Crippen LogP contribution is 2.33. The Balaban J connectivity index is 1.83. The van der Waals surface area contributed by atoms with Crippen molar-refractivity contribution in [3.8, 4) is 0 Å². The van der Waals surface area contributed by atoms with Crippen LogP contribution in [0.2, 0.25) is 0 Å². The van der Waals surface area contributed by atoms with Gasteiger partial charge in [0.1, 0.15) is 0 Å². The van der Waals surface area contributed by atoms with Gasteiger partial charge in [-0.05, 0) is 58.0 Å². The van der Waals surface area contributed by atoms with Crippen LogP contribution in [0, 0.1) is 6.92 Å². The van der Waals surface area contributed by atoms with Crippen LogP contribution < -0.4 is 0 Å². The van der Waals surface area contributed by atoms with Gasteiger partial charge in [0.25, 0.3) is 0 Å². The van der Waals surface area contributed by atoms with Gasteiger partial charge in [-0.25, -0.2) is 0 Å². The fraction of sp³-hybridized carbons (Fsp3) is 0.100. The maximum Gasteiger partial charge on any atom is -0.00137 e. The lowest BCUT2D eigenvalue weighted by Gasteiger charge is -2.07. The van der Waals surface area contributed by atoms with Gasteiger partial charge in [-0.2, -0.15) is 0 Å². The van der Waals surface area contributed by atoms with E-state index >= 15 is 0 Å². The summed E-state index contributed by atoms with van der Waals surface area (Å²) < 4.78 is 0. The van der Waals surface area contributed by atoms with Gasteiger partial charge in [0.2, 0.25) is 0 Å². The van der Waals surface area contributed by atoms with E-state index < -0.39 is 0 Å². The van der Waals surface area contributed by atoms with Crippen LogP contribution in [0.3, 0.4) is 0 Å². The maximum atomic E-state index is 2.34. The summed E-state index contributed by atoms with van der Waals surface area (Å²) in [4.78, 5) is 0. The van der Waals surface area contributed by atoms with Gasteiger partial charge in [-0.3, -0.25) is 0 Å². The quantitative estimate of drug-likeness (QED) is 0.558. The van der Waals surface area contributed by atoms with Crippen molar-refractivity contribution in [1.82, 2.24) is 0 Å². The first kappa shape index (κ1) is 11.5. The Labute approximate surface area is 119 Å². The third-order valence-electron chi connectivity index (χ3n) is 4.24. The highest BCUT2D eigenvalue weighted by molar-refractivity contribution is 5.94. The Morgan fingerprint density at radius 2 is 1.75 bits per heavy atom. The van der Waals surface area contributed by atoms with Crippen LogP contribution in [0.15, 0.2) is 60.7 Å². The number of hydrogen-bond donors (Lipinski definition) is 0. The molecule has 3 aromatic carbocycles. The molecule has 4 rings (SSSR count). The summed E-state index contributed by atoms with van der Waals surface area (Å²) in [5, 5.41) is 2.69. The van der Waals surface area contributed by atoms with Crippen LogP contribution in [0.4, 0.5) is 0 Å². The minimum Gasteiger partial charge on any atom is -0.0619 e. The van der Waals surface area contributed by atoms with Crippen molar-refractivity contribution in [1.29, 1.82) is 0 Å². The van der Waals surface area contributed by atoms with E-state index in [-0.39, 0.29) is 0 Å². The summed E-state index contributed by atoms with van der Waals surface area (Å²) in [6.45, 7) is 2.18. The molecule has 0 unspecified atom stereocenters. The summed E-state index contributed by atoms with van der Waals surface area (Å²) in [6, 6.07) is 22.0. The second-order valence-electron chi connectivity index (χ2n) is 5.56. The summed E-state index contributed by atoms with van der Waals surface area (Å²) in [6.07, 6.45) is 3.38. The molecule has 3 aromatic rings. The van der Waals surface area contributed by atoms with Crippen molar-refractivity contribution in [2.75, 3.05) is 0 Å². The summed E-state index contributed by atoms with van der Waals surface area (Å²) in [5.74, 6) is 0. The Kier molecular flexibility index (Phi) is 2.50. The zero-order valence-corrected chi connectivity index (χ0v) is 11.6. The largest absolute Gasteiger partial charge is 0.0619 e. The van der Waals surface area contributed by atoms with Crippen LogP contribution >= 0.6 is 0 Å². The second kappa shape index (κ2) is 4.35. The molecule has 0 atom stereocenters. The lowest BCUT2D eigenvalue weighted by molar-refractivity contribution is 1.32. The SMILES string of the molecule is Cc1cccc2ccc(C3=Cc4ccccc4C3)cc12. The Hall–Kier alpha value is -2.34. The van der Waals surface area contributed by atoms with Crippen molar-refractivity contribution in [2.24, 2.45) is 0 Å². The molecule has 0 aromatic heterocycles. The summed E-state index contributed by atoms with van der Waals surface area (Å²) in [7, 11) is 0. The molecule has 0 spiro atoms. The molecule has 1 aliphatic rings. The average molecular weight is 256 g/mol. The number of rotatable bonds is 1. The molecular formula is C20H16. The van der Waals surface area contributed by atoms with E-state index in [0.29, 0.717) is 0 Å².